The number of hydrogen-bond acceptors (Lipinski definition) is 4. The molecule has 0 fully saturated rings. The second-order valence-electron chi connectivity index (χ2n) is 5.10. The summed E-state index contributed by atoms with van der Waals surface area (Å²) in [6, 6.07) is 8.67. The minimum Gasteiger partial charge on any atom is -0.452 e. The number of hydrogen-bond donors (Lipinski definition) is 1. The lowest BCUT2D eigenvalue weighted by Gasteiger charge is -2.27. The van der Waals surface area contributed by atoms with E-state index < -0.39 is 24.0 Å². The van der Waals surface area contributed by atoms with Crippen molar-refractivity contribution in [1.29, 1.82) is 5.26 Å². The van der Waals surface area contributed by atoms with Gasteiger partial charge in [0.2, 0.25) is 0 Å². The Morgan fingerprint density at radius 1 is 1.38 bits per heavy atom. The predicted octanol–water partition coefficient (Wildman–Crippen LogP) is 2.66. The van der Waals surface area contributed by atoms with Gasteiger partial charge in [-0.2, -0.15) is 5.26 Å². The Morgan fingerprint density at radius 2 is 1.95 bits per heavy atom. The molecule has 0 aliphatic rings. The molecule has 6 heteroatoms. The van der Waals surface area contributed by atoms with Crippen LogP contribution in [-0.2, 0) is 9.53 Å². The standard InChI is InChI=1S/C15H17BrN2O3/c1-10(2)15(3,9-17)18-13(19)8-21-14(20)11-4-6-12(16)7-5-11/h4-7,10H,8H2,1-3H3,(H,18,19)/t15-/m0/s1. The summed E-state index contributed by atoms with van der Waals surface area (Å²) in [6.45, 7) is 4.87. The molecule has 1 atom stereocenters. The van der Waals surface area contributed by atoms with Crippen LogP contribution in [-0.4, -0.2) is 24.0 Å². The summed E-state index contributed by atoms with van der Waals surface area (Å²) in [4.78, 5) is 23.5. The monoisotopic (exact) mass is 352 g/mol. The summed E-state index contributed by atoms with van der Waals surface area (Å²) in [5.41, 5.74) is -0.626. The molecule has 0 spiro atoms. The minimum atomic E-state index is -0.985. The molecule has 1 N–H and O–H groups in total. The van der Waals surface area contributed by atoms with Gasteiger partial charge in [-0.1, -0.05) is 29.8 Å². The Morgan fingerprint density at radius 3 is 2.43 bits per heavy atom. The number of nitrogens with one attached hydrogen (secondary N) is 1. The van der Waals surface area contributed by atoms with Crippen LogP contribution in [0.4, 0.5) is 0 Å². The third-order valence-corrected chi connectivity index (χ3v) is 3.73. The summed E-state index contributed by atoms with van der Waals surface area (Å²) in [5.74, 6) is -1.15. The van der Waals surface area contributed by atoms with Crippen molar-refractivity contribution in [1.82, 2.24) is 5.32 Å². The maximum Gasteiger partial charge on any atom is 0.338 e. The molecule has 0 aromatic heterocycles. The molecule has 1 rings (SSSR count). The van der Waals surface area contributed by atoms with Crippen LogP contribution < -0.4 is 5.32 Å². The lowest BCUT2D eigenvalue weighted by atomic mass is 9.90. The summed E-state index contributed by atoms with van der Waals surface area (Å²) in [7, 11) is 0. The SMILES string of the molecule is CC(C)[C@](C)(C#N)NC(=O)COC(=O)c1ccc(Br)cc1. The van der Waals surface area contributed by atoms with Crippen molar-refractivity contribution >= 4 is 27.8 Å². The molecule has 21 heavy (non-hydrogen) atoms. The van der Waals surface area contributed by atoms with E-state index in [0.29, 0.717) is 5.56 Å². The van der Waals surface area contributed by atoms with Crippen LogP contribution in [0.3, 0.4) is 0 Å². The summed E-state index contributed by atoms with van der Waals surface area (Å²) in [6.07, 6.45) is 0. The number of nitriles is 1. The quantitative estimate of drug-likeness (QED) is 0.826. The topological polar surface area (TPSA) is 79.2 Å². The number of ether oxygens (including phenoxy) is 1. The smallest absolute Gasteiger partial charge is 0.338 e. The van der Waals surface area contributed by atoms with Crippen molar-refractivity contribution in [2.24, 2.45) is 5.92 Å². The van der Waals surface area contributed by atoms with Gasteiger partial charge in [0, 0.05) is 4.47 Å². The molecule has 0 bridgehead atoms. The molecule has 0 saturated carbocycles. The molecule has 0 radical (unpaired) electrons. The Kier molecular flexibility index (Phi) is 5.91. The molecule has 1 amide bonds. The number of halogens is 1. The highest BCUT2D eigenvalue weighted by Gasteiger charge is 2.30. The van der Waals surface area contributed by atoms with Gasteiger partial charge in [0.1, 0.15) is 5.54 Å². The van der Waals surface area contributed by atoms with E-state index in [-0.39, 0.29) is 5.92 Å². The zero-order valence-corrected chi connectivity index (χ0v) is 13.7. The minimum absolute atomic E-state index is 0.0615. The van der Waals surface area contributed by atoms with Crippen LogP contribution in [0, 0.1) is 17.2 Å². The van der Waals surface area contributed by atoms with E-state index in [1.54, 1.807) is 31.2 Å². The van der Waals surface area contributed by atoms with Crippen LogP contribution >= 0.6 is 15.9 Å². The second kappa shape index (κ2) is 7.23. The van der Waals surface area contributed by atoms with Gasteiger partial charge in [0.15, 0.2) is 6.61 Å². The number of nitrogens with zero attached hydrogens (tertiary/aromatic N) is 1. The van der Waals surface area contributed by atoms with Crippen LogP contribution in [0.25, 0.3) is 0 Å². The van der Waals surface area contributed by atoms with Crippen molar-refractivity contribution < 1.29 is 14.3 Å². The zero-order chi connectivity index (χ0) is 16.0. The first-order valence-electron chi connectivity index (χ1n) is 6.43. The summed E-state index contributed by atoms with van der Waals surface area (Å²) >= 11 is 3.26. The number of amides is 1. The molecule has 0 heterocycles. The first kappa shape index (κ1) is 17.2. The lowest BCUT2D eigenvalue weighted by Crippen LogP contribution is -2.50. The van der Waals surface area contributed by atoms with Gasteiger partial charge in [0.05, 0.1) is 11.6 Å². The molecule has 0 unspecified atom stereocenters. The van der Waals surface area contributed by atoms with E-state index in [1.165, 1.54) is 0 Å². The molecular formula is C15H17BrN2O3. The average Bonchev–Trinajstić information content (AvgIpc) is 2.45. The molecule has 5 nitrogen and oxygen atoms in total. The normalized spacial score (nSPS) is 13.1. The number of carbonyl (C=O) groups excluding carboxylic acids is 2. The van der Waals surface area contributed by atoms with E-state index in [4.69, 9.17) is 10.00 Å². The van der Waals surface area contributed by atoms with Gasteiger partial charge in [0.25, 0.3) is 5.91 Å². The number of carbonyl (C=O) groups is 2. The Labute approximate surface area is 132 Å². The van der Waals surface area contributed by atoms with Crippen molar-refractivity contribution in [2.75, 3.05) is 6.61 Å². The number of benzene rings is 1. The Hall–Kier alpha value is -1.87. The van der Waals surface area contributed by atoms with Crippen LogP contribution in [0.2, 0.25) is 0 Å². The molecule has 1 aromatic rings. The van der Waals surface area contributed by atoms with Crippen LogP contribution in [0.1, 0.15) is 31.1 Å². The van der Waals surface area contributed by atoms with Gasteiger partial charge < -0.3 is 10.1 Å². The largest absolute Gasteiger partial charge is 0.452 e. The van der Waals surface area contributed by atoms with Gasteiger partial charge in [-0.15, -0.1) is 0 Å². The lowest BCUT2D eigenvalue weighted by molar-refractivity contribution is -0.125. The maximum absolute atomic E-state index is 11.8. The van der Waals surface area contributed by atoms with Crippen molar-refractivity contribution in [3.8, 4) is 6.07 Å². The fourth-order valence-corrected chi connectivity index (χ4v) is 1.69. The average molecular weight is 353 g/mol. The second-order valence-corrected chi connectivity index (χ2v) is 6.02. The Bertz CT molecular complexity index is 563. The van der Waals surface area contributed by atoms with E-state index in [1.807, 2.05) is 13.8 Å². The van der Waals surface area contributed by atoms with Crippen LogP contribution in [0.15, 0.2) is 28.7 Å². The van der Waals surface area contributed by atoms with E-state index in [2.05, 4.69) is 27.3 Å². The third-order valence-electron chi connectivity index (χ3n) is 3.20. The van der Waals surface area contributed by atoms with Gasteiger partial charge in [-0.05, 0) is 37.1 Å². The molecule has 1 aromatic carbocycles. The highest BCUT2D eigenvalue weighted by Crippen LogP contribution is 2.15. The molecule has 0 saturated heterocycles. The summed E-state index contributed by atoms with van der Waals surface area (Å²) in [5, 5.41) is 11.7. The zero-order valence-electron chi connectivity index (χ0n) is 12.1. The van der Waals surface area contributed by atoms with Crippen molar-refractivity contribution in [3.63, 3.8) is 0 Å². The maximum atomic E-state index is 11.8. The molecule has 0 aliphatic carbocycles. The summed E-state index contributed by atoms with van der Waals surface area (Å²) < 4.78 is 5.77. The highest BCUT2D eigenvalue weighted by atomic mass is 79.9. The number of rotatable bonds is 5. The fourth-order valence-electron chi connectivity index (χ4n) is 1.43. The van der Waals surface area contributed by atoms with Crippen molar-refractivity contribution in [3.05, 3.63) is 34.3 Å². The first-order valence-corrected chi connectivity index (χ1v) is 7.22. The predicted molar refractivity (Wildman–Crippen MR) is 81.4 cm³/mol. The van der Waals surface area contributed by atoms with E-state index in [9.17, 15) is 9.59 Å². The first-order chi connectivity index (χ1) is 9.78. The fraction of sp³-hybridized carbons (Fsp3) is 0.400. The Balaban J connectivity index is 2.55. The third kappa shape index (κ3) is 4.87. The van der Waals surface area contributed by atoms with E-state index in [0.717, 1.165) is 4.47 Å². The molecule has 112 valence electrons. The molecular weight excluding hydrogens is 336 g/mol. The van der Waals surface area contributed by atoms with E-state index >= 15 is 0 Å². The van der Waals surface area contributed by atoms with Gasteiger partial charge in [-0.25, -0.2) is 4.79 Å². The van der Waals surface area contributed by atoms with Crippen molar-refractivity contribution in [2.45, 2.75) is 26.3 Å². The van der Waals surface area contributed by atoms with Gasteiger partial charge in [-0.3, -0.25) is 4.79 Å². The number of esters is 1. The molecule has 0 aliphatic heterocycles. The highest BCUT2D eigenvalue weighted by molar-refractivity contribution is 9.10. The van der Waals surface area contributed by atoms with Gasteiger partial charge >= 0.3 is 5.97 Å². The van der Waals surface area contributed by atoms with Crippen LogP contribution in [0.5, 0.6) is 0 Å².